The molecule has 0 aliphatic heterocycles. The van der Waals surface area contributed by atoms with Crippen LogP contribution < -0.4 is 0 Å². The molecule has 2 aromatic rings. The van der Waals surface area contributed by atoms with Crippen molar-refractivity contribution in [3.63, 3.8) is 0 Å². The third kappa shape index (κ3) is 3.58. The summed E-state index contributed by atoms with van der Waals surface area (Å²) in [7, 11) is 0. The van der Waals surface area contributed by atoms with Crippen LogP contribution in [0.15, 0.2) is 34.7 Å². The topological polar surface area (TPSA) is 30.2 Å². The lowest BCUT2D eigenvalue weighted by atomic mass is 10.2. The van der Waals surface area contributed by atoms with Crippen molar-refractivity contribution in [2.24, 2.45) is 0 Å². The number of para-hydroxylation sites is 1. The van der Waals surface area contributed by atoms with Gasteiger partial charge in [0.25, 0.3) is 0 Å². The molecule has 0 radical (unpaired) electrons. The summed E-state index contributed by atoms with van der Waals surface area (Å²) in [6.07, 6.45) is 0.708. The highest BCUT2D eigenvalue weighted by atomic mass is 16.3. The van der Waals surface area contributed by atoms with Gasteiger partial charge < -0.3 is 4.42 Å². The fourth-order valence-corrected chi connectivity index (χ4v) is 1.06. The Balaban J connectivity index is 0.000000442. The van der Waals surface area contributed by atoms with Crippen LogP contribution in [0.3, 0.4) is 0 Å². The van der Waals surface area contributed by atoms with Crippen LogP contribution in [-0.2, 0) is 0 Å². The van der Waals surface area contributed by atoms with Gasteiger partial charge in [0.15, 0.2) is 12.0 Å². The molecule has 0 aliphatic carbocycles. The Labute approximate surface area is 90.9 Å². The van der Waals surface area contributed by atoms with Crippen LogP contribution in [0, 0.1) is 0 Å². The van der Waals surface area contributed by atoms with E-state index in [1.54, 1.807) is 6.07 Å². The van der Waals surface area contributed by atoms with Crippen molar-refractivity contribution in [1.29, 1.82) is 0 Å². The number of carbonyl (C=O) groups excluding carboxylic acids is 1. The number of fused-ring (bicyclic) bond motifs is 1. The smallest absolute Gasteiger partial charge is 0.185 e. The van der Waals surface area contributed by atoms with Crippen LogP contribution in [-0.4, -0.2) is 6.29 Å². The largest absolute Gasteiger partial charge is 0.453 e. The molecular formula is C13H18O2. The van der Waals surface area contributed by atoms with Crippen molar-refractivity contribution in [2.75, 3.05) is 0 Å². The predicted molar refractivity (Wildman–Crippen MR) is 64.3 cm³/mol. The van der Waals surface area contributed by atoms with Crippen molar-refractivity contribution in [2.45, 2.75) is 27.7 Å². The molecule has 0 aliphatic rings. The van der Waals surface area contributed by atoms with Crippen molar-refractivity contribution in [3.05, 3.63) is 36.1 Å². The molecule has 2 nitrogen and oxygen atoms in total. The van der Waals surface area contributed by atoms with Gasteiger partial charge in [0, 0.05) is 5.39 Å². The van der Waals surface area contributed by atoms with Crippen molar-refractivity contribution < 1.29 is 9.21 Å². The van der Waals surface area contributed by atoms with E-state index in [4.69, 9.17) is 4.42 Å². The van der Waals surface area contributed by atoms with Gasteiger partial charge in [0.2, 0.25) is 0 Å². The maximum Gasteiger partial charge on any atom is 0.185 e. The maximum atomic E-state index is 10.3. The van der Waals surface area contributed by atoms with Gasteiger partial charge in [-0.2, -0.15) is 0 Å². The van der Waals surface area contributed by atoms with Crippen LogP contribution >= 0.6 is 0 Å². The van der Waals surface area contributed by atoms with Gasteiger partial charge in [-0.15, -0.1) is 0 Å². The minimum atomic E-state index is 0.381. The quantitative estimate of drug-likeness (QED) is 0.651. The van der Waals surface area contributed by atoms with E-state index in [-0.39, 0.29) is 0 Å². The molecule has 1 aromatic carbocycles. The molecule has 0 atom stereocenters. The Kier molecular flexibility index (Phi) is 6.98. The lowest BCUT2D eigenvalue weighted by Gasteiger charge is -1.81. The van der Waals surface area contributed by atoms with E-state index in [0.717, 1.165) is 11.0 Å². The van der Waals surface area contributed by atoms with Crippen LogP contribution in [0.1, 0.15) is 38.2 Å². The summed E-state index contributed by atoms with van der Waals surface area (Å²) in [5, 5.41) is 0.967. The van der Waals surface area contributed by atoms with Gasteiger partial charge in [0.05, 0.1) is 0 Å². The number of hydrogen-bond donors (Lipinski definition) is 0. The Morgan fingerprint density at radius 3 is 2.20 bits per heavy atom. The molecule has 82 valence electrons. The van der Waals surface area contributed by atoms with Gasteiger partial charge in [-0.05, 0) is 12.1 Å². The summed E-state index contributed by atoms with van der Waals surface area (Å²) >= 11 is 0. The number of rotatable bonds is 1. The molecule has 0 fully saturated rings. The summed E-state index contributed by atoms with van der Waals surface area (Å²) in [6, 6.07) is 9.25. The Hall–Kier alpha value is -1.57. The van der Waals surface area contributed by atoms with Gasteiger partial charge in [-0.1, -0.05) is 45.9 Å². The van der Waals surface area contributed by atoms with E-state index >= 15 is 0 Å². The van der Waals surface area contributed by atoms with Gasteiger partial charge in [-0.25, -0.2) is 0 Å². The fourth-order valence-electron chi connectivity index (χ4n) is 1.06. The average Bonchev–Trinajstić information content (AvgIpc) is 2.77. The molecular weight excluding hydrogens is 188 g/mol. The molecule has 0 saturated carbocycles. The number of furan rings is 1. The highest BCUT2D eigenvalue weighted by Crippen LogP contribution is 2.16. The molecule has 0 saturated heterocycles. The van der Waals surface area contributed by atoms with E-state index in [2.05, 4.69) is 0 Å². The van der Waals surface area contributed by atoms with Crippen LogP contribution in [0.4, 0.5) is 0 Å². The molecule has 0 amide bonds. The zero-order valence-electron chi connectivity index (χ0n) is 9.78. The highest BCUT2D eigenvalue weighted by Gasteiger charge is 1.99. The minimum absolute atomic E-state index is 0.381. The fraction of sp³-hybridized carbons (Fsp3) is 0.308. The standard InChI is InChI=1S/C9H6O2.2C2H6/c10-6-8-5-7-3-1-2-4-9(7)11-8;2*1-2/h1-6H;2*1-2H3. The van der Waals surface area contributed by atoms with Gasteiger partial charge in [-0.3, -0.25) is 4.79 Å². The zero-order valence-corrected chi connectivity index (χ0v) is 9.78. The molecule has 15 heavy (non-hydrogen) atoms. The Bertz CT molecular complexity index is 355. The normalized spacial score (nSPS) is 8.27. The number of hydrogen-bond acceptors (Lipinski definition) is 2. The molecule has 2 heteroatoms. The Morgan fingerprint density at radius 2 is 1.67 bits per heavy atom. The lowest BCUT2D eigenvalue weighted by molar-refractivity contribution is 0.110. The molecule has 0 bridgehead atoms. The van der Waals surface area contributed by atoms with Crippen molar-refractivity contribution in [1.82, 2.24) is 0 Å². The van der Waals surface area contributed by atoms with E-state index in [0.29, 0.717) is 12.0 Å². The summed E-state index contributed by atoms with van der Waals surface area (Å²) < 4.78 is 5.15. The summed E-state index contributed by atoms with van der Waals surface area (Å²) in [5.41, 5.74) is 0.759. The average molecular weight is 206 g/mol. The first-order valence-electron chi connectivity index (χ1n) is 5.34. The molecule has 2 rings (SSSR count). The number of carbonyl (C=O) groups is 1. The monoisotopic (exact) mass is 206 g/mol. The van der Waals surface area contributed by atoms with E-state index in [1.807, 2.05) is 52.0 Å². The second-order valence-corrected chi connectivity index (χ2v) is 2.30. The molecule has 1 heterocycles. The maximum absolute atomic E-state index is 10.3. The van der Waals surface area contributed by atoms with Gasteiger partial charge >= 0.3 is 0 Å². The second-order valence-electron chi connectivity index (χ2n) is 2.30. The zero-order chi connectivity index (χ0) is 11.7. The minimum Gasteiger partial charge on any atom is -0.453 e. The predicted octanol–water partition coefficient (Wildman–Crippen LogP) is 4.30. The molecule has 0 spiro atoms. The van der Waals surface area contributed by atoms with E-state index in [9.17, 15) is 4.79 Å². The third-order valence-electron chi connectivity index (χ3n) is 1.56. The number of benzene rings is 1. The van der Waals surface area contributed by atoms with Crippen LogP contribution in [0.25, 0.3) is 11.0 Å². The van der Waals surface area contributed by atoms with E-state index < -0.39 is 0 Å². The number of aldehydes is 1. The lowest BCUT2D eigenvalue weighted by Crippen LogP contribution is -1.65. The highest BCUT2D eigenvalue weighted by molar-refractivity contribution is 5.84. The first-order valence-corrected chi connectivity index (χ1v) is 5.34. The van der Waals surface area contributed by atoms with E-state index in [1.165, 1.54) is 0 Å². The molecule has 1 aromatic heterocycles. The summed E-state index contributed by atoms with van der Waals surface area (Å²) in [4.78, 5) is 10.3. The summed E-state index contributed by atoms with van der Waals surface area (Å²) in [6.45, 7) is 8.00. The second kappa shape index (κ2) is 7.80. The third-order valence-corrected chi connectivity index (χ3v) is 1.56. The first kappa shape index (κ1) is 13.4. The summed E-state index contributed by atoms with van der Waals surface area (Å²) in [5.74, 6) is 0.381. The molecule has 0 unspecified atom stereocenters. The SMILES string of the molecule is CC.CC.O=Cc1cc2ccccc2o1. The van der Waals surface area contributed by atoms with Crippen LogP contribution in [0.5, 0.6) is 0 Å². The van der Waals surface area contributed by atoms with Crippen molar-refractivity contribution in [3.8, 4) is 0 Å². The molecule has 0 N–H and O–H groups in total. The van der Waals surface area contributed by atoms with Gasteiger partial charge in [0.1, 0.15) is 5.58 Å². The van der Waals surface area contributed by atoms with Crippen molar-refractivity contribution >= 4 is 17.3 Å². The Morgan fingerprint density at radius 1 is 1.07 bits per heavy atom. The first-order chi connectivity index (χ1) is 7.40. The van der Waals surface area contributed by atoms with Crippen LogP contribution in [0.2, 0.25) is 0 Å².